The van der Waals surface area contributed by atoms with Gasteiger partial charge < -0.3 is 59.1 Å². The number of hydrogen-bond acceptors (Lipinski definition) is 14. The minimum atomic E-state index is -1.86. The van der Waals surface area contributed by atoms with Crippen LogP contribution in [0, 0.1) is 0 Å². The standard InChI is InChI=1S/C24H24O14/c1-8(25)35-7-14-16(28)19(31)21(33)24(37-14)36-13-6-11(27)15-18(30)20(32)22(38-23(15)17(13)29)9-3-4-10(26)12(5-9)34-2/h3-6,14,16,19,21,24,26-29,31-33H,7H2,1-2H3/t14-,16-,19+,21+,24-/m1/s1. The van der Waals surface area contributed by atoms with E-state index in [0.29, 0.717) is 0 Å². The Hall–Kier alpha value is -4.24. The fraction of sp³-hybridized carbons (Fsp3) is 0.333. The average molecular weight is 536 g/mol. The number of ether oxygens (including phenoxy) is 4. The van der Waals surface area contributed by atoms with Crippen LogP contribution < -0.4 is 14.9 Å². The third-order valence-corrected chi connectivity index (χ3v) is 5.87. The summed E-state index contributed by atoms with van der Waals surface area (Å²) in [5.41, 5.74) is -1.66. The van der Waals surface area contributed by atoms with Gasteiger partial charge in [0.2, 0.25) is 23.2 Å². The van der Waals surface area contributed by atoms with Crippen molar-refractivity contribution in [2.75, 3.05) is 13.7 Å². The summed E-state index contributed by atoms with van der Waals surface area (Å²) in [7, 11) is 1.28. The second-order valence-corrected chi connectivity index (χ2v) is 8.38. The molecule has 0 bridgehead atoms. The topological polar surface area (TPSA) is 226 Å². The first kappa shape index (κ1) is 26.8. The zero-order chi connectivity index (χ0) is 27.9. The largest absolute Gasteiger partial charge is 0.507 e. The third kappa shape index (κ3) is 4.72. The molecule has 0 saturated carbocycles. The van der Waals surface area contributed by atoms with E-state index in [4.69, 9.17) is 23.4 Å². The van der Waals surface area contributed by atoms with Gasteiger partial charge in [0, 0.05) is 18.6 Å². The van der Waals surface area contributed by atoms with Gasteiger partial charge >= 0.3 is 5.97 Å². The van der Waals surface area contributed by atoms with Gasteiger partial charge in [-0.1, -0.05) is 0 Å². The molecule has 0 unspecified atom stereocenters. The van der Waals surface area contributed by atoms with E-state index in [1.165, 1.54) is 25.3 Å². The number of phenolic OH excluding ortho intramolecular Hbond substituents is 3. The summed E-state index contributed by atoms with van der Waals surface area (Å²) in [5.74, 6) is -4.51. The summed E-state index contributed by atoms with van der Waals surface area (Å²) in [6.45, 7) is 0.612. The number of carbonyl (C=O) groups excluding carboxylic acids is 1. The number of fused-ring (bicyclic) bond motifs is 1. The molecular weight excluding hydrogens is 512 g/mol. The van der Waals surface area contributed by atoms with Crippen LogP contribution in [0.25, 0.3) is 22.3 Å². The number of hydrogen-bond donors (Lipinski definition) is 7. The van der Waals surface area contributed by atoms with Crippen LogP contribution in [0.2, 0.25) is 0 Å². The molecule has 14 nitrogen and oxygen atoms in total. The maximum Gasteiger partial charge on any atom is 0.302 e. The van der Waals surface area contributed by atoms with Crippen molar-refractivity contribution in [3.05, 3.63) is 34.5 Å². The van der Waals surface area contributed by atoms with Gasteiger partial charge in [-0.2, -0.15) is 0 Å². The van der Waals surface area contributed by atoms with E-state index in [1.54, 1.807) is 0 Å². The second-order valence-electron chi connectivity index (χ2n) is 8.38. The molecule has 2 heterocycles. The van der Waals surface area contributed by atoms with Gasteiger partial charge in [-0.3, -0.25) is 9.59 Å². The first-order valence-corrected chi connectivity index (χ1v) is 11.1. The van der Waals surface area contributed by atoms with Crippen molar-refractivity contribution in [2.24, 2.45) is 0 Å². The number of carbonyl (C=O) groups is 1. The van der Waals surface area contributed by atoms with Crippen LogP contribution in [-0.2, 0) is 14.3 Å². The highest BCUT2D eigenvalue weighted by atomic mass is 16.7. The maximum absolute atomic E-state index is 12.8. The number of aliphatic hydroxyl groups excluding tert-OH is 3. The molecule has 0 amide bonds. The van der Waals surface area contributed by atoms with Crippen LogP contribution in [-0.4, -0.2) is 86.1 Å². The summed E-state index contributed by atoms with van der Waals surface area (Å²) in [5, 5.41) is 71.7. The molecule has 0 radical (unpaired) electrons. The molecule has 14 heteroatoms. The molecule has 7 N–H and O–H groups in total. The number of aromatic hydroxyl groups is 4. The first-order chi connectivity index (χ1) is 17.9. The molecule has 204 valence electrons. The fourth-order valence-electron chi connectivity index (χ4n) is 3.88. The lowest BCUT2D eigenvalue weighted by Gasteiger charge is -2.39. The fourth-order valence-corrected chi connectivity index (χ4v) is 3.88. The normalized spacial score (nSPS) is 23.2. The van der Waals surface area contributed by atoms with E-state index < -0.39 is 88.4 Å². The second kappa shape index (κ2) is 10.3. The van der Waals surface area contributed by atoms with Crippen LogP contribution in [0.4, 0.5) is 0 Å². The van der Waals surface area contributed by atoms with E-state index in [2.05, 4.69) is 0 Å². The van der Waals surface area contributed by atoms with Crippen molar-refractivity contribution in [1.29, 1.82) is 0 Å². The van der Waals surface area contributed by atoms with Crippen molar-refractivity contribution in [3.63, 3.8) is 0 Å². The zero-order valence-electron chi connectivity index (χ0n) is 19.9. The number of methoxy groups -OCH3 is 1. The minimum absolute atomic E-state index is 0.0127. The monoisotopic (exact) mass is 536 g/mol. The molecule has 1 fully saturated rings. The van der Waals surface area contributed by atoms with E-state index in [9.17, 15) is 45.3 Å². The van der Waals surface area contributed by atoms with Crippen molar-refractivity contribution >= 4 is 16.9 Å². The quantitative estimate of drug-likeness (QED) is 0.163. The van der Waals surface area contributed by atoms with E-state index >= 15 is 0 Å². The van der Waals surface area contributed by atoms with E-state index in [1.807, 2.05) is 0 Å². The van der Waals surface area contributed by atoms with Crippen LogP contribution in [0.3, 0.4) is 0 Å². The van der Waals surface area contributed by atoms with Gasteiger partial charge in [0.25, 0.3) is 0 Å². The molecule has 38 heavy (non-hydrogen) atoms. The molecule has 0 spiro atoms. The van der Waals surface area contributed by atoms with Gasteiger partial charge in [0.15, 0.2) is 28.6 Å². The smallest absolute Gasteiger partial charge is 0.302 e. The Morgan fingerprint density at radius 2 is 1.66 bits per heavy atom. The lowest BCUT2D eigenvalue weighted by molar-refractivity contribution is -0.278. The zero-order valence-corrected chi connectivity index (χ0v) is 19.9. The summed E-state index contributed by atoms with van der Waals surface area (Å²) in [4.78, 5) is 24.0. The molecule has 1 saturated heterocycles. The van der Waals surface area contributed by atoms with Gasteiger partial charge in [-0.25, -0.2) is 0 Å². The number of benzene rings is 2. The summed E-state index contributed by atoms with van der Waals surface area (Å²) in [6.07, 6.45) is -8.40. The van der Waals surface area contributed by atoms with Crippen LogP contribution >= 0.6 is 0 Å². The lowest BCUT2D eigenvalue weighted by atomic mass is 9.99. The summed E-state index contributed by atoms with van der Waals surface area (Å²) < 4.78 is 26.2. The van der Waals surface area contributed by atoms with E-state index in [-0.39, 0.29) is 17.1 Å². The number of aliphatic hydroxyl groups is 3. The average Bonchev–Trinajstić information content (AvgIpc) is 2.88. The van der Waals surface area contributed by atoms with Gasteiger partial charge in [0.05, 0.1) is 7.11 Å². The molecule has 3 aromatic rings. The highest BCUT2D eigenvalue weighted by Gasteiger charge is 2.46. The van der Waals surface area contributed by atoms with Crippen LogP contribution in [0.15, 0.2) is 33.5 Å². The van der Waals surface area contributed by atoms with Crippen LogP contribution in [0.5, 0.6) is 34.5 Å². The molecule has 1 aliphatic heterocycles. The Balaban J connectivity index is 1.77. The Labute approximate surface area is 213 Å². The molecule has 0 aliphatic carbocycles. The predicted molar refractivity (Wildman–Crippen MR) is 125 cm³/mol. The maximum atomic E-state index is 12.8. The van der Waals surface area contributed by atoms with Gasteiger partial charge in [-0.05, 0) is 18.2 Å². The SMILES string of the molecule is COc1cc(-c2oc3c(O)c(O[C@@H]4O[C@H](COC(C)=O)[C@@H](O)[C@H](O)[C@@H]4O)cc(O)c3c(=O)c2O)ccc1O. The van der Waals surface area contributed by atoms with Gasteiger partial charge in [-0.15, -0.1) is 0 Å². The molecule has 5 atom stereocenters. The van der Waals surface area contributed by atoms with Crippen molar-refractivity contribution in [1.82, 2.24) is 0 Å². The highest BCUT2D eigenvalue weighted by molar-refractivity contribution is 5.93. The third-order valence-electron chi connectivity index (χ3n) is 5.87. The summed E-state index contributed by atoms with van der Waals surface area (Å²) in [6, 6.07) is 4.54. The van der Waals surface area contributed by atoms with Gasteiger partial charge in [0.1, 0.15) is 42.2 Å². The number of phenols is 3. The first-order valence-electron chi connectivity index (χ1n) is 11.1. The Kier molecular flexibility index (Phi) is 7.24. The van der Waals surface area contributed by atoms with Crippen LogP contribution in [0.1, 0.15) is 6.92 Å². The highest BCUT2D eigenvalue weighted by Crippen LogP contribution is 2.44. The number of esters is 1. The Morgan fingerprint density at radius 1 is 0.947 bits per heavy atom. The Morgan fingerprint density at radius 3 is 2.32 bits per heavy atom. The molecule has 2 aromatic carbocycles. The summed E-state index contributed by atoms with van der Waals surface area (Å²) >= 11 is 0. The van der Waals surface area contributed by atoms with Crippen molar-refractivity contribution in [3.8, 4) is 45.8 Å². The molecule has 1 aliphatic rings. The lowest BCUT2D eigenvalue weighted by Crippen LogP contribution is -2.60. The number of rotatable bonds is 6. The minimum Gasteiger partial charge on any atom is -0.507 e. The molecule has 1 aromatic heterocycles. The van der Waals surface area contributed by atoms with E-state index in [0.717, 1.165) is 13.0 Å². The molecule has 4 rings (SSSR count). The predicted octanol–water partition coefficient (Wildman–Crippen LogP) is 0.0405. The molecular formula is C24H24O14. The Bertz CT molecular complexity index is 1430. The van der Waals surface area contributed by atoms with Crippen molar-refractivity contribution in [2.45, 2.75) is 37.6 Å². The van der Waals surface area contributed by atoms with Crippen molar-refractivity contribution < 1.29 is 63.9 Å².